The molecule has 1 fully saturated rings. The predicted octanol–water partition coefficient (Wildman–Crippen LogP) is 1.13. The van der Waals surface area contributed by atoms with Gasteiger partial charge in [0.2, 0.25) is 6.10 Å². The molecule has 2 amide bonds. The summed E-state index contributed by atoms with van der Waals surface area (Å²) in [6, 6.07) is 7.30. The summed E-state index contributed by atoms with van der Waals surface area (Å²) in [5.74, 6) is 1.13. The Bertz CT molecular complexity index is 584. The molecule has 0 radical (unpaired) electrons. The topological polar surface area (TPSA) is 68.3 Å². The van der Waals surface area contributed by atoms with Gasteiger partial charge < -0.3 is 24.0 Å². The van der Waals surface area contributed by atoms with Crippen molar-refractivity contribution in [2.45, 2.75) is 13.0 Å². The fourth-order valence-corrected chi connectivity index (χ4v) is 2.67. The third kappa shape index (κ3) is 3.33. The van der Waals surface area contributed by atoms with Crippen molar-refractivity contribution in [1.29, 1.82) is 0 Å². The molecular formula is C16H20N2O5. The van der Waals surface area contributed by atoms with Crippen LogP contribution < -0.4 is 9.47 Å². The molecular weight excluding hydrogens is 300 g/mol. The minimum absolute atomic E-state index is 0.108. The van der Waals surface area contributed by atoms with Gasteiger partial charge in [-0.1, -0.05) is 12.1 Å². The third-order valence-corrected chi connectivity index (χ3v) is 3.90. The Morgan fingerprint density at radius 1 is 1.13 bits per heavy atom. The van der Waals surface area contributed by atoms with Crippen LogP contribution in [0.1, 0.15) is 6.92 Å². The maximum absolute atomic E-state index is 12.6. The quantitative estimate of drug-likeness (QED) is 0.817. The molecule has 1 aromatic carbocycles. The number of para-hydroxylation sites is 2. The van der Waals surface area contributed by atoms with Gasteiger partial charge in [-0.05, 0) is 19.1 Å². The maximum atomic E-state index is 12.6. The lowest BCUT2D eigenvalue weighted by Gasteiger charge is -2.36. The molecule has 1 aromatic rings. The number of rotatable bonds is 2. The van der Waals surface area contributed by atoms with Gasteiger partial charge in [-0.25, -0.2) is 4.79 Å². The van der Waals surface area contributed by atoms with Gasteiger partial charge in [-0.15, -0.1) is 0 Å². The number of fused-ring (bicyclic) bond motifs is 1. The summed E-state index contributed by atoms with van der Waals surface area (Å²) < 4.78 is 16.3. The number of hydrogen-bond acceptors (Lipinski definition) is 5. The normalized spacial score (nSPS) is 20.1. The molecule has 2 heterocycles. The fraction of sp³-hybridized carbons (Fsp3) is 0.500. The van der Waals surface area contributed by atoms with E-state index in [1.54, 1.807) is 22.8 Å². The van der Waals surface area contributed by atoms with Crippen molar-refractivity contribution in [1.82, 2.24) is 9.80 Å². The van der Waals surface area contributed by atoms with Crippen molar-refractivity contribution in [3.63, 3.8) is 0 Å². The van der Waals surface area contributed by atoms with Gasteiger partial charge in [0.1, 0.15) is 6.61 Å². The average molecular weight is 320 g/mol. The Morgan fingerprint density at radius 2 is 1.78 bits per heavy atom. The molecule has 0 aromatic heterocycles. The van der Waals surface area contributed by atoms with E-state index in [-0.39, 0.29) is 18.6 Å². The zero-order valence-electron chi connectivity index (χ0n) is 13.1. The lowest BCUT2D eigenvalue weighted by Crippen LogP contribution is -2.55. The van der Waals surface area contributed by atoms with E-state index in [1.165, 1.54) is 0 Å². The molecule has 23 heavy (non-hydrogen) atoms. The first-order valence-electron chi connectivity index (χ1n) is 7.78. The van der Waals surface area contributed by atoms with Gasteiger partial charge in [0, 0.05) is 26.2 Å². The molecule has 7 heteroatoms. The number of carbonyl (C=O) groups excluding carboxylic acids is 2. The lowest BCUT2D eigenvalue weighted by atomic mass is 10.2. The summed E-state index contributed by atoms with van der Waals surface area (Å²) in [7, 11) is 0. The molecule has 1 saturated heterocycles. The van der Waals surface area contributed by atoms with Crippen LogP contribution >= 0.6 is 0 Å². The minimum Gasteiger partial charge on any atom is -0.485 e. The number of amides is 2. The molecule has 0 aliphatic carbocycles. The Morgan fingerprint density at radius 3 is 2.48 bits per heavy atom. The van der Waals surface area contributed by atoms with Gasteiger partial charge in [0.15, 0.2) is 11.5 Å². The first-order chi connectivity index (χ1) is 11.2. The van der Waals surface area contributed by atoms with Crippen LogP contribution in [0.2, 0.25) is 0 Å². The van der Waals surface area contributed by atoms with Crippen LogP contribution in [-0.2, 0) is 9.53 Å². The van der Waals surface area contributed by atoms with E-state index < -0.39 is 6.10 Å². The number of piperazine rings is 1. The fourth-order valence-electron chi connectivity index (χ4n) is 2.67. The predicted molar refractivity (Wildman–Crippen MR) is 81.5 cm³/mol. The van der Waals surface area contributed by atoms with Crippen LogP contribution in [0.4, 0.5) is 4.79 Å². The molecule has 2 aliphatic heterocycles. The van der Waals surface area contributed by atoms with Crippen molar-refractivity contribution >= 4 is 12.0 Å². The van der Waals surface area contributed by atoms with Crippen molar-refractivity contribution in [3.8, 4) is 11.5 Å². The highest BCUT2D eigenvalue weighted by atomic mass is 16.6. The third-order valence-electron chi connectivity index (χ3n) is 3.90. The summed E-state index contributed by atoms with van der Waals surface area (Å²) in [4.78, 5) is 27.5. The summed E-state index contributed by atoms with van der Waals surface area (Å²) in [5.41, 5.74) is 0. The second kappa shape index (κ2) is 6.76. The van der Waals surface area contributed by atoms with Crippen molar-refractivity contribution in [2.75, 3.05) is 39.4 Å². The van der Waals surface area contributed by atoms with Crippen molar-refractivity contribution in [2.24, 2.45) is 0 Å². The number of carbonyl (C=O) groups is 2. The van der Waals surface area contributed by atoms with Crippen LogP contribution in [0, 0.1) is 0 Å². The molecule has 0 N–H and O–H groups in total. The molecule has 7 nitrogen and oxygen atoms in total. The molecule has 124 valence electrons. The van der Waals surface area contributed by atoms with E-state index in [1.807, 2.05) is 18.2 Å². The smallest absolute Gasteiger partial charge is 0.409 e. The van der Waals surface area contributed by atoms with Crippen LogP contribution in [-0.4, -0.2) is 67.3 Å². The molecule has 0 spiro atoms. The number of hydrogen-bond donors (Lipinski definition) is 0. The Labute approximate surface area is 134 Å². The Balaban J connectivity index is 1.55. The molecule has 0 unspecified atom stereocenters. The zero-order valence-corrected chi connectivity index (χ0v) is 13.1. The zero-order chi connectivity index (χ0) is 16.2. The highest BCUT2D eigenvalue weighted by molar-refractivity contribution is 5.82. The van der Waals surface area contributed by atoms with Crippen LogP contribution in [0.3, 0.4) is 0 Å². The van der Waals surface area contributed by atoms with E-state index in [0.717, 1.165) is 0 Å². The monoisotopic (exact) mass is 320 g/mol. The highest BCUT2D eigenvalue weighted by Crippen LogP contribution is 2.31. The van der Waals surface area contributed by atoms with E-state index in [0.29, 0.717) is 44.3 Å². The van der Waals surface area contributed by atoms with E-state index in [4.69, 9.17) is 14.2 Å². The summed E-state index contributed by atoms with van der Waals surface area (Å²) in [5, 5.41) is 0. The Hall–Kier alpha value is -2.44. The first kappa shape index (κ1) is 15.5. The molecule has 1 atom stereocenters. The summed E-state index contributed by atoms with van der Waals surface area (Å²) in [6.07, 6.45) is -0.968. The number of nitrogens with zero attached hydrogens (tertiary/aromatic N) is 2. The minimum atomic E-state index is -0.640. The summed E-state index contributed by atoms with van der Waals surface area (Å²) >= 11 is 0. The number of ether oxygens (including phenoxy) is 3. The second-order valence-electron chi connectivity index (χ2n) is 5.38. The largest absolute Gasteiger partial charge is 0.485 e. The first-order valence-corrected chi connectivity index (χ1v) is 7.78. The van der Waals surface area contributed by atoms with E-state index in [2.05, 4.69) is 0 Å². The molecule has 3 rings (SSSR count). The molecule has 0 saturated carbocycles. The van der Waals surface area contributed by atoms with Gasteiger partial charge in [-0.2, -0.15) is 0 Å². The molecule has 2 aliphatic rings. The van der Waals surface area contributed by atoms with Crippen LogP contribution in [0.5, 0.6) is 11.5 Å². The average Bonchev–Trinajstić information content (AvgIpc) is 2.61. The number of benzene rings is 1. The SMILES string of the molecule is CCOC(=O)N1CCN(C(=O)[C@@H]2COc3ccccc3O2)CC1. The lowest BCUT2D eigenvalue weighted by molar-refractivity contribution is -0.142. The maximum Gasteiger partial charge on any atom is 0.409 e. The van der Waals surface area contributed by atoms with Crippen LogP contribution in [0.15, 0.2) is 24.3 Å². The van der Waals surface area contributed by atoms with E-state index in [9.17, 15) is 9.59 Å². The Kier molecular flexibility index (Phi) is 4.55. The van der Waals surface area contributed by atoms with Crippen molar-refractivity contribution < 1.29 is 23.8 Å². The van der Waals surface area contributed by atoms with Crippen LogP contribution in [0.25, 0.3) is 0 Å². The van der Waals surface area contributed by atoms with Gasteiger partial charge in [-0.3, -0.25) is 4.79 Å². The summed E-state index contributed by atoms with van der Waals surface area (Å²) in [6.45, 7) is 4.20. The van der Waals surface area contributed by atoms with Gasteiger partial charge in [0.05, 0.1) is 6.61 Å². The highest BCUT2D eigenvalue weighted by Gasteiger charge is 2.33. The van der Waals surface area contributed by atoms with Gasteiger partial charge in [0.25, 0.3) is 5.91 Å². The van der Waals surface area contributed by atoms with Gasteiger partial charge >= 0.3 is 6.09 Å². The van der Waals surface area contributed by atoms with Crippen molar-refractivity contribution in [3.05, 3.63) is 24.3 Å². The standard InChI is InChI=1S/C16H20N2O5/c1-2-21-16(20)18-9-7-17(8-10-18)15(19)14-11-22-12-5-3-4-6-13(12)23-14/h3-6,14H,2,7-11H2,1H3/t14-/m0/s1. The second-order valence-corrected chi connectivity index (χ2v) is 5.38. The molecule has 0 bridgehead atoms. The van der Waals surface area contributed by atoms with E-state index >= 15 is 0 Å².